The molecule has 0 unspecified atom stereocenters. The monoisotopic (exact) mass is 433 g/mol. The number of thioether (sulfide) groups is 1. The standard InChI is InChI=1S/C18H12ClN3O4S2/c19-11-2-1-3-12(8-11)20-21-13-4-5-14(23)10(6-13)7-15-17(26)22(9-16(24)25)18(27)28-15/h1-8,23H,9H2,(H,24,25)/b15-7+,21-20?. The molecule has 10 heteroatoms. The SMILES string of the molecule is O=C(O)CN1C(=O)/C(=C\c2cc(N=Nc3cccc(Cl)c3)ccc2O)SC1=S. The number of carbonyl (C=O) groups is 2. The maximum absolute atomic E-state index is 12.3. The quantitative estimate of drug-likeness (QED) is 0.401. The van der Waals surface area contributed by atoms with Crippen LogP contribution in [0.3, 0.4) is 0 Å². The first kappa shape index (κ1) is 20.0. The molecule has 142 valence electrons. The second kappa shape index (κ2) is 8.51. The third kappa shape index (κ3) is 4.75. The zero-order valence-electron chi connectivity index (χ0n) is 14.1. The number of rotatable bonds is 5. The summed E-state index contributed by atoms with van der Waals surface area (Å²) >= 11 is 11.9. The van der Waals surface area contributed by atoms with Crippen LogP contribution in [0.2, 0.25) is 5.02 Å². The molecule has 1 heterocycles. The van der Waals surface area contributed by atoms with Crippen molar-refractivity contribution >= 4 is 69.2 Å². The Morgan fingerprint density at radius 2 is 1.93 bits per heavy atom. The van der Waals surface area contributed by atoms with Gasteiger partial charge in [0.15, 0.2) is 0 Å². The van der Waals surface area contributed by atoms with Crippen molar-refractivity contribution in [3.05, 3.63) is 58.0 Å². The Morgan fingerprint density at radius 1 is 1.21 bits per heavy atom. The average Bonchev–Trinajstić information content (AvgIpc) is 2.89. The molecular weight excluding hydrogens is 422 g/mol. The van der Waals surface area contributed by atoms with E-state index in [0.717, 1.165) is 16.7 Å². The van der Waals surface area contributed by atoms with Crippen LogP contribution >= 0.6 is 35.6 Å². The molecule has 2 N–H and O–H groups in total. The molecule has 0 spiro atoms. The highest BCUT2D eigenvalue weighted by atomic mass is 35.5. The highest BCUT2D eigenvalue weighted by molar-refractivity contribution is 8.26. The summed E-state index contributed by atoms with van der Waals surface area (Å²) in [5.41, 5.74) is 1.35. The molecule has 1 saturated heterocycles. The van der Waals surface area contributed by atoms with Gasteiger partial charge in [0.2, 0.25) is 0 Å². The fourth-order valence-electron chi connectivity index (χ4n) is 2.29. The molecule has 1 aliphatic rings. The minimum atomic E-state index is -1.16. The number of aromatic hydroxyl groups is 1. The number of carboxylic acid groups (broad SMARTS) is 1. The van der Waals surface area contributed by atoms with Crippen LogP contribution in [0.1, 0.15) is 5.56 Å². The first-order valence-corrected chi connectivity index (χ1v) is 9.41. The molecule has 2 aromatic rings. The normalized spacial score (nSPS) is 15.8. The van der Waals surface area contributed by atoms with Crippen molar-refractivity contribution in [3.63, 3.8) is 0 Å². The fourth-order valence-corrected chi connectivity index (χ4v) is 3.72. The molecule has 0 aliphatic carbocycles. The van der Waals surface area contributed by atoms with Crippen molar-refractivity contribution in [2.24, 2.45) is 10.2 Å². The molecule has 1 aliphatic heterocycles. The largest absolute Gasteiger partial charge is 0.507 e. The van der Waals surface area contributed by atoms with E-state index in [9.17, 15) is 14.7 Å². The number of carbonyl (C=O) groups excluding carboxylic acids is 1. The first-order chi connectivity index (χ1) is 13.3. The average molecular weight is 434 g/mol. The number of phenolic OH excluding ortho intramolecular Hbond substituents is 1. The second-order valence-corrected chi connectivity index (χ2v) is 7.70. The molecule has 0 radical (unpaired) electrons. The van der Waals surface area contributed by atoms with Crippen molar-refractivity contribution in [3.8, 4) is 5.75 Å². The molecule has 3 rings (SSSR count). The highest BCUT2D eigenvalue weighted by Gasteiger charge is 2.33. The molecule has 1 amide bonds. The van der Waals surface area contributed by atoms with Crippen LogP contribution in [-0.2, 0) is 9.59 Å². The van der Waals surface area contributed by atoms with Crippen LogP contribution in [0.5, 0.6) is 5.75 Å². The molecule has 7 nitrogen and oxygen atoms in total. The molecule has 28 heavy (non-hydrogen) atoms. The number of halogens is 1. The number of nitrogens with zero attached hydrogens (tertiary/aromatic N) is 3. The Kier molecular flexibility index (Phi) is 6.08. The van der Waals surface area contributed by atoms with E-state index in [1.807, 2.05) is 0 Å². The van der Waals surface area contributed by atoms with Gasteiger partial charge in [-0.1, -0.05) is 41.6 Å². The van der Waals surface area contributed by atoms with Crippen molar-refractivity contribution in [2.45, 2.75) is 0 Å². The van der Waals surface area contributed by atoms with Crippen LogP contribution < -0.4 is 0 Å². The predicted molar refractivity (Wildman–Crippen MR) is 111 cm³/mol. The number of hydrogen-bond acceptors (Lipinski definition) is 7. The highest BCUT2D eigenvalue weighted by Crippen LogP contribution is 2.35. The van der Waals surface area contributed by atoms with Gasteiger partial charge < -0.3 is 10.2 Å². The summed E-state index contributed by atoms with van der Waals surface area (Å²) in [4.78, 5) is 24.4. The van der Waals surface area contributed by atoms with E-state index in [-0.39, 0.29) is 15.0 Å². The molecule has 0 bridgehead atoms. The lowest BCUT2D eigenvalue weighted by molar-refractivity contribution is -0.140. The number of azo groups is 1. The number of carboxylic acids is 1. The lowest BCUT2D eigenvalue weighted by Gasteiger charge is -2.10. The third-order valence-electron chi connectivity index (χ3n) is 3.55. The van der Waals surface area contributed by atoms with Gasteiger partial charge in [0.25, 0.3) is 5.91 Å². The lowest BCUT2D eigenvalue weighted by atomic mass is 10.1. The lowest BCUT2D eigenvalue weighted by Crippen LogP contribution is -2.33. The third-order valence-corrected chi connectivity index (χ3v) is 5.17. The Balaban J connectivity index is 1.86. The predicted octanol–water partition coefficient (Wildman–Crippen LogP) is 4.75. The summed E-state index contributed by atoms with van der Waals surface area (Å²) < 4.78 is 0.148. The van der Waals surface area contributed by atoms with Crippen LogP contribution in [0.4, 0.5) is 11.4 Å². The number of amides is 1. The van der Waals surface area contributed by atoms with Crippen molar-refractivity contribution in [1.82, 2.24) is 4.90 Å². The zero-order valence-corrected chi connectivity index (χ0v) is 16.5. The topological polar surface area (TPSA) is 103 Å². The van der Waals surface area contributed by atoms with E-state index in [1.165, 1.54) is 12.1 Å². The number of aliphatic carboxylic acids is 1. The van der Waals surface area contributed by atoms with Crippen LogP contribution in [0.25, 0.3) is 6.08 Å². The van der Waals surface area contributed by atoms with Crippen LogP contribution in [0, 0.1) is 0 Å². The second-order valence-electron chi connectivity index (χ2n) is 5.58. The van der Waals surface area contributed by atoms with E-state index in [4.69, 9.17) is 28.9 Å². The first-order valence-electron chi connectivity index (χ1n) is 7.81. The van der Waals surface area contributed by atoms with Gasteiger partial charge in [0.05, 0.1) is 16.3 Å². The fraction of sp³-hybridized carbons (Fsp3) is 0.0556. The van der Waals surface area contributed by atoms with Crippen molar-refractivity contribution in [2.75, 3.05) is 6.54 Å². The van der Waals surface area contributed by atoms with Gasteiger partial charge in [-0.25, -0.2) is 0 Å². The van der Waals surface area contributed by atoms with E-state index >= 15 is 0 Å². The van der Waals surface area contributed by atoms with Gasteiger partial charge >= 0.3 is 5.97 Å². The van der Waals surface area contributed by atoms with Gasteiger partial charge in [0.1, 0.15) is 16.6 Å². The molecule has 0 atom stereocenters. The van der Waals surface area contributed by atoms with Gasteiger partial charge in [0, 0.05) is 10.6 Å². The Bertz CT molecular complexity index is 1040. The maximum atomic E-state index is 12.3. The Hall–Kier alpha value is -2.75. The van der Waals surface area contributed by atoms with Crippen molar-refractivity contribution < 1.29 is 19.8 Å². The van der Waals surface area contributed by atoms with E-state index in [0.29, 0.717) is 22.0 Å². The minimum absolute atomic E-state index is 0.0646. The van der Waals surface area contributed by atoms with Crippen molar-refractivity contribution in [1.29, 1.82) is 0 Å². The zero-order chi connectivity index (χ0) is 20.3. The van der Waals surface area contributed by atoms with Gasteiger partial charge in [-0.2, -0.15) is 10.2 Å². The summed E-state index contributed by atoms with van der Waals surface area (Å²) in [6.45, 7) is -0.512. The van der Waals surface area contributed by atoms with Gasteiger partial charge in [-0.15, -0.1) is 0 Å². The molecule has 0 saturated carbocycles. The smallest absolute Gasteiger partial charge is 0.323 e. The summed E-state index contributed by atoms with van der Waals surface area (Å²) in [5, 5.41) is 27.7. The molecule has 0 aromatic heterocycles. The minimum Gasteiger partial charge on any atom is -0.507 e. The van der Waals surface area contributed by atoms with E-state index in [1.54, 1.807) is 36.4 Å². The molecule has 1 fully saturated rings. The maximum Gasteiger partial charge on any atom is 0.323 e. The van der Waals surface area contributed by atoms with Crippen LogP contribution in [-0.4, -0.2) is 37.9 Å². The molecular formula is C18H12ClN3O4S2. The van der Waals surface area contributed by atoms with Gasteiger partial charge in [-0.05, 0) is 42.5 Å². The Labute approximate surface area is 174 Å². The number of benzene rings is 2. The Morgan fingerprint density at radius 3 is 2.61 bits per heavy atom. The summed E-state index contributed by atoms with van der Waals surface area (Å²) in [6.07, 6.45) is 1.44. The van der Waals surface area contributed by atoms with E-state index < -0.39 is 18.4 Å². The summed E-state index contributed by atoms with van der Waals surface area (Å²) in [5.74, 6) is -1.75. The molecule has 2 aromatic carbocycles. The number of hydrogen-bond donors (Lipinski definition) is 2. The number of phenols is 1. The van der Waals surface area contributed by atoms with E-state index in [2.05, 4.69) is 10.2 Å². The summed E-state index contributed by atoms with van der Waals surface area (Å²) in [6, 6.07) is 11.4. The van der Waals surface area contributed by atoms with Gasteiger partial charge in [-0.3, -0.25) is 14.5 Å². The summed E-state index contributed by atoms with van der Waals surface area (Å²) in [7, 11) is 0. The number of thiocarbonyl (C=S) groups is 1. The van der Waals surface area contributed by atoms with Crippen LogP contribution in [0.15, 0.2) is 57.6 Å².